The van der Waals surface area contributed by atoms with Crippen LogP contribution in [0.1, 0.15) is 49.2 Å². The topological polar surface area (TPSA) is 90.3 Å². The van der Waals surface area contributed by atoms with Crippen LogP contribution in [0, 0.1) is 6.92 Å². The highest BCUT2D eigenvalue weighted by Gasteiger charge is 2.24. The van der Waals surface area contributed by atoms with Crippen LogP contribution in [-0.2, 0) is 14.8 Å². The average Bonchev–Trinajstić information content (AvgIpc) is 3.07. The van der Waals surface area contributed by atoms with E-state index >= 15 is 0 Å². The highest BCUT2D eigenvalue weighted by molar-refractivity contribution is 9.10. The molecule has 2 rings (SSSR count). The Balaban J connectivity index is 2.43. The van der Waals surface area contributed by atoms with Crippen LogP contribution < -0.4 is 4.72 Å². The SMILES string of the molecule is CCOC(=O)c1cc(C)cc(Br)c1NS(=O)(=O)c1cn(C(C)CC)cn1. The van der Waals surface area contributed by atoms with E-state index in [0.717, 1.165) is 12.0 Å². The number of esters is 1. The van der Waals surface area contributed by atoms with Crippen LogP contribution >= 0.6 is 15.9 Å². The van der Waals surface area contributed by atoms with Crippen LogP contribution in [0.2, 0.25) is 0 Å². The number of benzene rings is 1. The Morgan fingerprint density at radius 2 is 2.08 bits per heavy atom. The van der Waals surface area contributed by atoms with Crippen LogP contribution in [0.15, 0.2) is 34.2 Å². The van der Waals surface area contributed by atoms with E-state index in [-0.39, 0.29) is 28.9 Å². The fourth-order valence-electron chi connectivity index (χ4n) is 2.31. The number of anilines is 1. The molecule has 0 saturated carbocycles. The van der Waals surface area contributed by atoms with E-state index in [9.17, 15) is 13.2 Å². The minimum Gasteiger partial charge on any atom is -0.462 e. The smallest absolute Gasteiger partial charge is 0.340 e. The molecule has 1 aromatic heterocycles. The molecule has 2 aromatic rings. The number of imidazole rings is 1. The first kappa shape index (κ1) is 20.4. The summed E-state index contributed by atoms with van der Waals surface area (Å²) in [5.74, 6) is -0.597. The summed E-state index contributed by atoms with van der Waals surface area (Å²) in [6, 6.07) is 3.43. The van der Waals surface area contributed by atoms with Crippen LogP contribution in [-0.4, -0.2) is 30.5 Å². The Labute approximate surface area is 162 Å². The Morgan fingerprint density at radius 1 is 1.38 bits per heavy atom. The molecule has 7 nitrogen and oxygen atoms in total. The zero-order valence-electron chi connectivity index (χ0n) is 15.1. The zero-order valence-corrected chi connectivity index (χ0v) is 17.5. The van der Waals surface area contributed by atoms with Crippen molar-refractivity contribution in [3.8, 4) is 0 Å². The van der Waals surface area contributed by atoms with Crippen LogP contribution in [0.25, 0.3) is 0 Å². The minimum atomic E-state index is -3.96. The highest BCUT2D eigenvalue weighted by Crippen LogP contribution is 2.31. The van der Waals surface area contributed by atoms with Crippen molar-refractivity contribution in [2.45, 2.75) is 45.2 Å². The fraction of sp³-hybridized carbons (Fsp3) is 0.412. The van der Waals surface area contributed by atoms with Gasteiger partial charge in [-0.05, 0) is 60.8 Å². The van der Waals surface area contributed by atoms with E-state index in [0.29, 0.717) is 4.47 Å². The molecule has 1 unspecified atom stereocenters. The number of ether oxygens (including phenoxy) is 1. The number of carbonyl (C=O) groups is 1. The number of rotatable bonds is 7. The summed E-state index contributed by atoms with van der Waals surface area (Å²) in [7, 11) is -3.96. The summed E-state index contributed by atoms with van der Waals surface area (Å²) in [4.78, 5) is 16.2. The van der Waals surface area contributed by atoms with Gasteiger partial charge >= 0.3 is 5.97 Å². The molecule has 9 heteroatoms. The largest absolute Gasteiger partial charge is 0.462 e. The second-order valence-electron chi connectivity index (χ2n) is 5.91. The Bertz CT molecular complexity index is 909. The number of aryl methyl sites for hydroxylation is 1. The van der Waals surface area contributed by atoms with Crippen molar-refractivity contribution in [3.63, 3.8) is 0 Å². The Morgan fingerprint density at radius 3 is 2.69 bits per heavy atom. The van der Waals surface area contributed by atoms with E-state index in [2.05, 4.69) is 25.6 Å². The molecule has 0 fully saturated rings. The van der Waals surface area contributed by atoms with Crippen molar-refractivity contribution in [2.24, 2.45) is 0 Å². The summed E-state index contributed by atoms with van der Waals surface area (Å²) < 4.78 is 35.2. The molecule has 0 aliphatic rings. The van der Waals surface area contributed by atoms with Crippen LogP contribution in [0.4, 0.5) is 5.69 Å². The maximum Gasteiger partial charge on any atom is 0.340 e. The quantitative estimate of drug-likeness (QED) is 0.655. The molecule has 0 bridgehead atoms. The molecule has 0 aliphatic carbocycles. The first-order chi connectivity index (χ1) is 12.2. The highest BCUT2D eigenvalue weighted by atomic mass is 79.9. The number of sulfonamides is 1. The van der Waals surface area contributed by atoms with Crippen LogP contribution in [0.5, 0.6) is 0 Å². The van der Waals surface area contributed by atoms with Gasteiger partial charge in [0.05, 0.1) is 24.2 Å². The number of hydrogen-bond acceptors (Lipinski definition) is 5. The van der Waals surface area contributed by atoms with Crippen molar-refractivity contribution in [2.75, 3.05) is 11.3 Å². The lowest BCUT2D eigenvalue weighted by Gasteiger charge is -2.14. The van der Waals surface area contributed by atoms with Gasteiger partial charge in [-0.2, -0.15) is 8.42 Å². The molecule has 26 heavy (non-hydrogen) atoms. The first-order valence-corrected chi connectivity index (χ1v) is 10.5. The molecule has 0 saturated heterocycles. The molecule has 0 amide bonds. The lowest BCUT2D eigenvalue weighted by molar-refractivity contribution is 0.0527. The molecule has 0 spiro atoms. The first-order valence-electron chi connectivity index (χ1n) is 8.23. The number of nitrogens with one attached hydrogen (secondary N) is 1. The number of hydrogen-bond donors (Lipinski definition) is 1. The van der Waals surface area contributed by atoms with Gasteiger partial charge in [-0.25, -0.2) is 9.78 Å². The summed E-state index contributed by atoms with van der Waals surface area (Å²) in [6.07, 6.45) is 3.81. The maximum atomic E-state index is 12.7. The van der Waals surface area contributed by atoms with E-state index in [1.807, 2.05) is 13.8 Å². The Kier molecular flexibility index (Phi) is 6.46. The van der Waals surface area contributed by atoms with Crippen molar-refractivity contribution in [3.05, 3.63) is 40.3 Å². The lowest BCUT2D eigenvalue weighted by Crippen LogP contribution is -2.17. The molecule has 142 valence electrons. The third-order valence-corrected chi connectivity index (χ3v) is 5.78. The molecule has 0 aliphatic heterocycles. The average molecular weight is 444 g/mol. The van der Waals surface area contributed by atoms with Crippen LogP contribution in [0.3, 0.4) is 0 Å². The second kappa shape index (κ2) is 8.22. The van der Waals surface area contributed by atoms with Gasteiger partial charge in [0.15, 0.2) is 5.03 Å². The number of nitrogens with zero attached hydrogens (tertiary/aromatic N) is 2. The van der Waals surface area contributed by atoms with E-state index < -0.39 is 16.0 Å². The molecular weight excluding hydrogens is 422 g/mol. The van der Waals surface area contributed by atoms with Gasteiger partial charge in [0, 0.05) is 16.7 Å². The van der Waals surface area contributed by atoms with Crippen molar-refractivity contribution in [1.29, 1.82) is 0 Å². The number of aromatic nitrogens is 2. The third kappa shape index (κ3) is 4.45. The summed E-state index contributed by atoms with van der Waals surface area (Å²) >= 11 is 3.32. The Hall–Kier alpha value is -1.87. The number of carbonyl (C=O) groups excluding carboxylic acids is 1. The van der Waals surface area contributed by atoms with Gasteiger partial charge in [-0.15, -0.1) is 0 Å². The molecule has 1 heterocycles. The van der Waals surface area contributed by atoms with Gasteiger partial charge < -0.3 is 9.30 Å². The fourth-order valence-corrected chi connectivity index (χ4v) is 4.16. The maximum absolute atomic E-state index is 12.7. The molecule has 0 radical (unpaired) electrons. The van der Waals surface area contributed by atoms with E-state index in [1.54, 1.807) is 30.5 Å². The second-order valence-corrected chi connectivity index (χ2v) is 8.40. The molecule has 1 aromatic carbocycles. The van der Waals surface area contributed by atoms with Crippen molar-refractivity contribution in [1.82, 2.24) is 9.55 Å². The standard InChI is InChI=1S/C17H22BrN3O4S/c1-5-12(4)21-9-15(19-10-21)26(23,24)20-16-13(17(22)25-6-2)7-11(3)8-14(16)18/h7-10,12,20H,5-6H2,1-4H3. The predicted molar refractivity (Wildman–Crippen MR) is 103 cm³/mol. The van der Waals surface area contributed by atoms with E-state index in [1.165, 1.54) is 12.5 Å². The summed E-state index contributed by atoms with van der Waals surface area (Å²) in [5.41, 5.74) is 1.07. The third-order valence-electron chi connectivity index (χ3n) is 3.92. The number of halogens is 1. The van der Waals surface area contributed by atoms with Crippen molar-refractivity contribution >= 4 is 37.6 Å². The van der Waals surface area contributed by atoms with Gasteiger partial charge in [0.2, 0.25) is 0 Å². The molecular formula is C17H22BrN3O4S. The lowest BCUT2D eigenvalue weighted by atomic mass is 10.1. The van der Waals surface area contributed by atoms with Gasteiger partial charge in [-0.1, -0.05) is 6.92 Å². The van der Waals surface area contributed by atoms with E-state index in [4.69, 9.17) is 4.74 Å². The molecule has 1 atom stereocenters. The normalized spacial score (nSPS) is 12.7. The van der Waals surface area contributed by atoms with Gasteiger partial charge in [-0.3, -0.25) is 4.72 Å². The van der Waals surface area contributed by atoms with Crippen molar-refractivity contribution < 1.29 is 17.9 Å². The molecule has 1 N–H and O–H groups in total. The summed E-state index contributed by atoms with van der Waals surface area (Å²) in [5, 5.41) is -0.111. The van der Waals surface area contributed by atoms with Gasteiger partial charge in [0.1, 0.15) is 0 Å². The van der Waals surface area contributed by atoms with Gasteiger partial charge in [0.25, 0.3) is 10.0 Å². The zero-order chi connectivity index (χ0) is 19.5. The predicted octanol–water partition coefficient (Wildman–Crippen LogP) is 3.90. The minimum absolute atomic E-state index is 0.111. The monoisotopic (exact) mass is 443 g/mol. The summed E-state index contributed by atoms with van der Waals surface area (Å²) in [6.45, 7) is 7.66.